The molecule has 0 unspecified atom stereocenters. The van der Waals surface area contributed by atoms with Crippen LogP contribution in [0, 0.1) is 18.8 Å². The summed E-state index contributed by atoms with van der Waals surface area (Å²) < 4.78 is 0. The molecule has 1 amide bonds. The first-order valence-corrected chi connectivity index (χ1v) is 11.4. The van der Waals surface area contributed by atoms with E-state index in [2.05, 4.69) is 60.2 Å². The van der Waals surface area contributed by atoms with Crippen LogP contribution in [0.2, 0.25) is 0 Å². The lowest BCUT2D eigenvalue weighted by molar-refractivity contribution is -0.126. The summed E-state index contributed by atoms with van der Waals surface area (Å²) in [4.78, 5) is 17.7. The third-order valence-electron chi connectivity index (χ3n) is 6.95. The number of amides is 1. The zero-order valence-corrected chi connectivity index (χ0v) is 18.1. The molecule has 1 N–H and O–H groups in total. The van der Waals surface area contributed by atoms with E-state index in [4.69, 9.17) is 0 Å². The summed E-state index contributed by atoms with van der Waals surface area (Å²) in [7, 11) is 0. The molecule has 3 rings (SSSR count). The van der Waals surface area contributed by atoms with Gasteiger partial charge in [-0.2, -0.15) is 0 Å². The Bertz CT molecular complexity index is 616. The van der Waals surface area contributed by atoms with Crippen LogP contribution in [0.5, 0.6) is 0 Å². The molecule has 0 aromatic heterocycles. The summed E-state index contributed by atoms with van der Waals surface area (Å²) in [6, 6.07) is 9.46. The minimum atomic E-state index is 0.224. The van der Waals surface area contributed by atoms with Gasteiger partial charge in [0.05, 0.1) is 0 Å². The van der Waals surface area contributed by atoms with Crippen LogP contribution in [0.4, 0.5) is 0 Å². The molecule has 0 aliphatic carbocycles. The predicted octanol–water partition coefficient (Wildman–Crippen LogP) is 3.83. The molecular formula is C24H39N3O. The van der Waals surface area contributed by atoms with Crippen molar-refractivity contribution in [1.29, 1.82) is 0 Å². The van der Waals surface area contributed by atoms with E-state index in [1.807, 2.05) is 0 Å². The molecule has 2 heterocycles. The molecule has 4 nitrogen and oxygen atoms in total. The van der Waals surface area contributed by atoms with E-state index >= 15 is 0 Å². The third kappa shape index (κ3) is 5.81. The van der Waals surface area contributed by atoms with Gasteiger partial charge < -0.3 is 10.2 Å². The number of piperidine rings is 2. The molecular weight excluding hydrogens is 346 g/mol. The molecule has 4 heteroatoms. The molecule has 2 saturated heterocycles. The minimum absolute atomic E-state index is 0.224. The van der Waals surface area contributed by atoms with Crippen LogP contribution in [0.1, 0.15) is 57.1 Å². The number of nitrogens with zero attached hydrogens (tertiary/aromatic N) is 2. The van der Waals surface area contributed by atoms with Crippen LogP contribution in [0.3, 0.4) is 0 Å². The number of likely N-dealkylation sites (tertiary alicyclic amines) is 2. The smallest absolute Gasteiger partial charge is 0.223 e. The summed E-state index contributed by atoms with van der Waals surface area (Å²) in [6.45, 7) is 13.1. The minimum Gasteiger partial charge on any atom is -0.356 e. The standard InChI is InChI=1S/C24H39N3O/c1-4-19(2)17-25-24(28)21-9-15-27(16-10-21)23-11-13-26(14-12-23)18-22-8-6-5-7-20(22)3/h5-8,19,21,23H,4,9-18H2,1-3H3,(H,25,28)/t19-/m0/s1. The SMILES string of the molecule is CC[C@H](C)CNC(=O)C1CCN(C2CCN(Cc3ccccc3C)CC2)CC1. The highest BCUT2D eigenvalue weighted by atomic mass is 16.1. The fourth-order valence-corrected chi connectivity index (χ4v) is 4.56. The van der Waals surface area contributed by atoms with Gasteiger partial charge in [0.1, 0.15) is 0 Å². The number of rotatable bonds is 7. The first-order chi connectivity index (χ1) is 13.6. The van der Waals surface area contributed by atoms with E-state index in [1.165, 1.54) is 37.1 Å². The predicted molar refractivity (Wildman–Crippen MR) is 116 cm³/mol. The van der Waals surface area contributed by atoms with Gasteiger partial charge in [0.2, 0.25) is 5.91 Å². The van der Waals surface area contributed by atoms with E-state index in [-0.39, 0.29) is 11.8 Å². The molecule has 1 atom stereocenters. The van der Waals surface area contributed by atoms with Crippen LogP contribution in [0.25, 0.3) is 0 Å². The van der Waals surface area contributed by atoms with Gasteiger partial charge in [-0.1, -0.05) is 44.5 Å². The van der Waals surface area contributed by atoms with Crippen LogP contribution in [-0.4, -0.2) is 54.5 Å². The van der Waals surface area contributed by atoms with Crippen LogP contribution < -0.4 is 5.32 Å². The normalized spacial score (nSPS) is 21.5. The quantitative estimate of drug-likeness (QED) is 0.775. The van der Waals surface area contributed by atoms with Crippen molar-refractivity contribution in [3.05, 3.63) is 35.4 Å². The highest BCUT2D eigenvalue weighted by Crippen LogP contribution is 2.25. The maximum Gasteiger partial charge on any atom is 0.223 e. The Hall–Kier alpha value is -1.39. The van der Waals surface area contributed by atoms with Crippen LogP contribution in [0.15, 0.2) is 24.3 Å². The molecule has 0 bridgehead atoms. The van der Waals surface area contributed by atoms with Crippen molar-refractivity contribution < 1.29 is 4.79 Å². The number of hydrogen-bond donors (Lipinski definition) is 1. The van der Waals surface area contributed by atoms with Crippen LogP contribution >= 0.6 is 0 Å². The first-order valence-electron chi connectivity index (χ1n) is 11.4. The Labute approximate surface area is 171 Å². The summed E-state index contributed by atoms with van der Waals surface area (Å²) in [5.74, 6) is 1.09. The van der Waals surface area contributed by atoms with Crippen molar-refractivity contribution in [2.75, 3.05) is 32.7 Å². The van der Waals surface area contributed by atoms with Crippen LogP contribution in [-0.2, 0) is 11.3 Å². The number of carbonyl (C=O) groups is 1. The van der Waals surface area contributed by atoms with Crippen molar-refractivity contribution in [1.82, 2.24) is 15.1 Å². The van der Waals surface area contributed by atoms with Gasteiger partial charge in [-0.25, -0.2) is 0 Å². The molecule has 2 aliphatic rings. The second-order valence-corrected chi connectivity index (χ2v) is 9.00. The lowest BCUT2D eigenvalue weighted by Crippen LogP contribution is -2.49. The lowest BCUT2D eigenvalue weighted by atomic mass is 9.92. The Morgan fingerprint density at radius 3 is 2.43 bits per heavy atom. The maximum absolute atomic E-state index is 12.4. The zero-order chi connectivity index (χ0) is 19.9. The second kappa shape index (κ2) is 10.4. The first kappa shape index (κ1) is 21.3. The third-order valence-corrected chi connectivity index (χ3v) is 6.95. The summed E-state index contributed by atoms with van der Waals surface area (Å²) in [6.07, 6.45) is 5.69. The molecule has 0 spiro atoms. The number of nitrogens with one attached hydrogen (secondary N) is 1. The van der Waals surface area contributed by atoms with Crippen molar-refractivity contribution in [2.45, 2.75) is 65.5 Å². The van der Waals surface area contributed by atoms with E-state index in [0.29, 0.717) is 12.0 Å². The molecule has 156 valence electrons. The lowest BCUT2D eigenvalue weighted by Gasteiger charge is -2.41. The Morgan fingerprint density at radius 1 is 1.11 bits per heavy atom. The van der Waals surface area contributed by atoms with Gasteiger partial charge in [-0.15, -0.1) is 0 Å². The van der Waals surface area contributed by atoms with Crippen molar-refractivity contribution >= 4 is 5.91 Å². The highest BCUT2D eigenvalue weighted by molar-refractivity contribution is 5.78. The Kier molecular flexibility index (Phi) is 7.92. The van der Waals surface area contributed by atoms with Crippen molar-refractivity contribution in [3.63, 3.8) is 0 Å². The Balaban J connectivity index is 1.38. The molecule has 1 aromatic rings. The molecule has 2 fully saturated rings. The monoisotopic (exact) mass is 385 g/mol. The number of aryl methyl sites for hydroxylation is 1. The fourth-order valence-electron chi connectivity index (χ4n) is 4.56. The molecule has 0 radical (unpaired) electrons. The van der Waals surface area contributed by atoms with Gasteiger partial charge in [0, 0.05) is 25.0 Å². The largest absolute Gasteiger partial charge is 0.356 e. The number of carbonyl (C=O) groups excluding carboxylic acids is 1. The molecule has 28 heavy (non-hydrogen) atoms. The average Bonchev–Trinajstić information content (AvgIpc) is 2.74. The summed E-state index contributed by atoms with van der Waals surface area (Å²) in [5, 5.41) is 3.17. The summed E-state index contributed by atoms with van der Waals surface area (Å²) >= 11 is 0. The van der Waals surface area contributed by atoms with E-state index in [9.17, 15) is 4.79 Å². The zero-order valence-electron chi connectivity index (χ0n) is 18.1. The molecule has 2 aliphatic heterocycles. The van der Waals surface area contributed by atoms with Gasteiger partial charge >= 0.3 is 0 Å². The maximum atomic E-state index is 12.4. The Morgan fingerprint density at radius 2 is 1.79 bits per heavy atom. The highest BCUT2D eigenvalue weighted by Gasteiger charge is 2.30. The average molecular weight is 386 g/mol. The fraction of sp³-hybridized carbons (Fsp3) is 0.708. The van der Waals surface area contributed by atoms with E-state index in [0.717, 1.165) is 45.4 Å². The second-order valence-electron chi connectivity index (χ2n) is 9.00. The number of hydrogen-bond acceptors (Lipinski definition) is 3. The van der Waals surface area contributed by atoms with E-state index in [1.54, 1.807) is 0 Å². The van der Waals surface area contributed by atoms with Crippen molar-refractivity contribution in [3.8, 4) is 0 Å². The van der Waals surface area contributed by atoms with Gasteiger partial charge in [0.25, 0.3) is 0 Å². The van der Waals surface area contributed by atoms with Crippen molar-refractivity contribution in [2.24, 2.45) is 11.8 Å². The van der Waals surface area contributed by atoms with Gasteiger partial charge in [-0.3, -0.25) is 9.69 Å². The van der Waals surface area contributed by atoms with Gasteiger partial charge in [-0.05, 0) is 75.8 Å². The molecule has 0 saturated carbocycles. The summed E-state index contributed by atoms with van der Waals surface area (Å²) in [5.41, 5.74) is 2.86. The topological polar surface area (TPSA) is 35.6 Å². The van der Waals surface area contributed by atoms with Gasteiger partial charge in [0.15, 0.2) is 0 Å². The number of benzene rings is 1. The molecule has 1 aromatic carbocycles. The van der Waals surface area contributed by atoms with E-state index < -0.39 is 0 Å².